The number of unbranched alkanes of at least 4 members (excludes halogenated alkanes) is 8. The molecule has 0 aromatic rings. The average Bonchev–Trinajstić information content (AvgIpc) is 2.50. The van der Waals surface area contributed by atoms with Crippen molar-refractivity contribution in [3.63, 3.8) is 0 Å². The van der Waals surface area contributed by atoms with Crippen LogP contribution in [0.5, 0.6) is 0 Å². The molecule has 1 N–H and O–H groups in total. The summed E-state index contributed by atoms with van der Waals surface area (Å²) in [7, 11) is 0. The molecule has 0 aliphatic carbocycles. The van der Waals surface area contributed by atoms with Crippen LogP contribution in [0.15, 0.2) is 0 Å². The minimum Gasteiger partial charge on any atom is -0.481 e. The van der Waals surface area contributed by atoms with Crippen LogP contribution in [-0.2, 0) is 4.79 Å². The number of carboxylic acid groups (broad SMARTS) is 1. The van der Waals surface area contributed by atoms with Crippen molar-refractivity contribution < 1.29 is 9.90 Å². The number of carboxylic acids is 1. The van der Waals surface area contributed by atoms with Gasteiger partial charge < -0.3 is 5.11 Å². The maximum Gasteiger partial charge on any atom is 0.306 e. The summed E-state index contributed by atoms with van der Waals surface area (Å²) in [6, 6.07) is 0. The van der Waals surface area contributed by atoms with E-state index < -0.39 is 5.97 Å². The van der Waals surface area contributed by atoms with Gasteiger partial charge in [-0.25, -0.2) is 0 Å². The van der Waals surface area contributed by atoms with Gasteiger partial charge in [0.25, 0.3) is 0 Å². The van der Waals surface area contributed by atoms with Gasteiger partial charge in [0, 0.05) is 0 Å². The topological polar surface area (TPSA) is 37.3 Å². The second kappa shape index (κ2) is 16.0. The Kier molecular flexibility index (Phi) is 15.6. The van der Waals surface area contributed by atoms with Gasteiger partial charge in [-0.2, -0.15) is 0 Å². The highest BCUT2D eigenvalue weighted by molar-refractivity contribution is 5.69. The van der Waals surface area contributed by atoms with Crippen molar-refractivity contribution in [1.29, 1.82) is 0 Å². The van der Waals surface area contributed by atoms with Crippen LogP contribution in [-0.4, -0.2) is 11.1 Å². The molecular weight excluding hydrogens is 296 g/mol. The third-order valence-electron chi connectivity index (χ3n) is 5.02. The lowest BCUT2D eigenvalue weighted by Crippen LogP contribution is -2.13. The maximum absolute atomic E-state index is 11.4. The second-order valence-corrected chi connectivity index (χ2v) is 8.51. The lowest BCUT2D eigenvalue weighted by molar-refractivity contribution is -0.142. The van der Waals surface area contributed by atoms with Crippen molar-refractivity contribution in [3.05, 3.63) is 0 Å². The van der Waals surface area contributed by atoms with E-state index in [2.05, 4.69) is 27.7 Å². The first kappa shape index (κ1) is 23.5. The highest BCUT2D eigenvalue weighted by Gasteiger charge is 2.16. The van der Waals surface area contributed by atoms with Crippen LogP contribution in [0.4, 0.5) is 0 Å². The lowest BCUT2D eigenvalue weighted by atomic mass is 9.94. The van der Waals surface area contributed by atoms with Gasteiger partial charge in [0.15, 0.2) is 0 Å². The molecule has 0 amide bonds. The molecule has 0 atom stereocenters. The Morgan fingerprint density at radius 1 is 0.583 bits per heavy atom. The molecule has 0 spiro atoms. The van der Waals surface area contributed by atoms with Crippen LogP contribution in [0.25, 0.3) is 0 Å². The normalized spacial score (nSPS) is 11.8. The monoisotopic (exact) mass is 340 g/mol. The molecule has 0 aliphatic rings. The summed E-state index contributed by atoms with van der Waals surface area (Å²) in [5.41, 5.74) is 0. The molecule has 0 unspecified atom stereocenters. The predicted octanol–water partition coefficient (Wildman–Crippen LogP) is 7.46. The van der Waals surface area contributed by atoms with E-state index in [1.807, 2.05) is 0 Å². The average molecular weight is 341 g/mol. The Bertz CT molecular complexity index is 262. The highest BCUT2D eigenvalue weighted by atomic mass is 16.4. The van der Waals surface area contributed by atoms with Gasteiger partial charge in [0.05, 0.1) is 5.92 Å². The fourth-order valence-corrected chi connectivity index (χ4v) is 3.34. The molecule has 24 heavy (non-hydrogen) atoms. The summed E-state index contributed by atoms with van der Waals surface area (Å²) in [5.74, 6) is 0.949. The molecule has 0 aliphatic heterocycles. The summed E-state index contributed by atoms with van der Waals surface area (Å²) in [6.45, 7) is 9.12. The van der Waals surface area contributed by atoms with Crippen LogP contribution < -0.4 is 0 Å². The zero-order valence-electron chi connectivity index (χ0n) is 17.0. The fourth-order valence-electron chi connectivity index (χ4n) is 3.34. The second-order valence-electron chi connectivity index (χ2n) is 8.51. The van der Waals surface area contributed by atoms with Crippen LogP contribution >= 0.6 is 0 Å². The zero-order chi connectivity index (χ0) is 18.2. The molecule has 144 valence electrons. The van der Waals surface area contributed by atoms with Crippen LogP contribution in [0.2, 0.25) is 0 Å². The van der Waals surface area contributed by atoms with Crippen molar-refractivity contribution in [2.75, 3.05) is 0 Å². The Hall–Kier alpha value is -0.530. The largest absolute Gasteiger partial charge is 0.481 e. The molecule has 0 saturated carbocycles. The molecule has 0 bridgehead atoms. The van der Waals surface area contributed by atoms with Crippen LogP contribution in [0.1, 0.15) is 118 Å². The predicted molar refractivity (Wildman–Crippen MR) is 105 cm³/mol. The first-order chi connectivity index (χ1) is 11.4. The van der Waals surface area contributed by atoms with Crippen molar-refractivity contribution >= 4 is 5.97 Å². The number of carbonyl (C=O) groups is 1. The van der Waals surface area contributed by atoms with E-state index in [9.17, 15) is 9.90 Å². The summed E-state index contributed by atoms with van der Waals surface area (Å²) < 4.78 is 0. The molecule has 0 aromatic carbocycles. The van der Waals surface area contributed by atoms with E-state index in [4.69, 9.17) is 0 Å². The van der Waals surface area contributed by atoms with Gasteiger partial charge in [-0.1, -0.05) is 105 Å². The van der Waals surface area contributed by atoms with Crippen molar-refractivity contribution in [2.45, 2.75) is 118 Å². The number of hydrogen-bond acceptors (Lipinski definition) is 1. The summed E-state index contributed by atoms with van der Waals surface area (Å²) in [4.78, 5) is 11.4. The van der Waals surface area contributed by atoms with E-state index in [1.54, 1.807) is 0 Å². The van der Waals surface area contributed by atoms with E-state index in [1.165, 1.54) is 64.2 Å². The first-order valence-electron chi connectivity index (χ1n) is 10.7. The third-order valence-corrected chi connectivity index (χ3v) is 5.02. The van der Waals surface area contributed by atoms with Crippen molar-refractivity contribution in [1.82, 2.24) is 0 Å². The Morgan fingerprint density at radius 3 is 1.17 bits per heavy atom. The van der Waals surface area contributed by atoms with Crippen LogP contribution in [0.3, 0.4) is 0 Å². The van der Waals surface area contributed by atoms with E-state index >= 15 is 0 Å². The van der Waals surface area contributed by atoms with Gasteiger partial charge in [-0.15, -0.1) is 0 Å². The highest BCUT2D eigenvalue weighted by Crippen LogP contribution is 2.20. The molecule has 0 aromatic heterocycles. The van der Waals surface area contributed by atoms with Gasteiger partial charge >= 0.3 is 5.97 Å². The minimum atomic E-state index is -0.574. The summed E-state index contributed by atoms with van der Waals surface area (Å²) in [5, 5.41) is 9.38. The standard InChI is InChI=1S/C22H44O2/c1-19(2)15-11-7-5-9-13-17-21(22(23)24)18-14-10-6-8-12-16-20(3)4/h19-21H,5-18H2,1-4H3,(H,23,24). The van der Waals surface area contributed by atoms with Gasteiger partial charge in [0.2, 0.25) is 0 Å². The Labute approximate surface area is 151 Å². The lowest BCUT2D eigenvalue weighted by Gasteiger charge is -2.12. The molecule has 2 nitrogen and oxygen atoms in total. The molecule has 2 heteroatoms. The van der Waals surface area contributed by atoms with Crippen molar-refractivity contribution in [3.8, 4) is 0 Å². The smallest absolute Gasteiger partial charge is 0.306 e. The number of aliphatic carboxylic acids is 1. The first-order valence-corrected chi connectivity index (χ1v) is 10.7. The summed E-state index contributed by atoms with van der Waals surface area (Å²) in [6.07, 6.45) is 16.8. The summed E-state index contributed by atoms with van der Waals surface area (Å²) >= 11 is 0. The molecule has 0 radical (unpaired) electrons. The maximum atomic E-state index is 11.4. The van der Waals surface area contributed by atoms with E-state index in [0.29, 0.717) is 0 Å². The molecule has 0 heterocycles. The fraction of sp³-hybridized carbons (Fsp3) is 0.955. The molecular formula is C22H44O2. The van der Waals surface area contributed by atoms with Gasteiger partial charge in [-0.05, 0) is 24.7 Å². The number of hydrogen-bond donors (Lipinski definition) is 1. The minimum absolute atomic E-state index is 0.101. The SMILES string of the molecule is CC(C)CCCCCCCC(CCCCCCCC(C)C)C(=O)O. The molecule has 0 rings (SSSR count). The Morgan fingerprint density at radius 2 is 0.875 bits per heavy atom. The quantitative estimate of drug-likeness (QED) is 0.279. The zero-order valence-corrected chi connectivity index (χ0v) is 17.0. The van der Waals surface area contributed by atoms with E-state index in [0.717, 1.165) is 37.5 Å². The van der Waals surface area contributed by atoms with Gasteiger partial charge in [0.1, 0.15) is 0 Å². The third kappa shape index (κ3) is 16.3. The molecule has 0 saturated heterocycles. The number of rotatable bonds is 17. The van der Waals surface area contributed by atoms with Crippen LogP contribution in [0, 0.1) is 17.8 Å². The molecule has 0 fully saturated rings. The van der Waals surface area contributed by atoms with Gasteiger partial charge in [-0.3, -0.25) is 4.79 Å². The van der Waals surface area contributed by atoms with Crippen molar-refractivity contribution in [2.24, 2.45) is 17.8 Å². The Balaban J connectivity index is 3.56. The van der Waals surface area contributed by atoms with E-state index in [-0.39, 0.29) is 5.92 Å².